The van der Waals surface area contributed by atoms with Gasteiger partial charge in [0, 0.05) is 24.7 Å². The van der Waals surface area contributed by atoms with Gasteiger partial charge in [-0.15, -0.1) is 0 Å². The van der Waals surface area contributed by atoms with Gasteiger partial charge < -0.3 is 9.31 Å². The third-order valence-corrected chi connectivity index (χ3v) is 5.45. The second-order valence-electron chi connectivity index (χ2n) is 7.79. The minimum Gasteiger partial charge on any atom is -0.399 e. The van der Waals surface area contributed by atoms with E-state index < -0.39 is 24.7 Å². The van der Waals surface area contributed by atoms with Gasteiger partial charge in [-0.25, -0.2) is 13.5 Å². The third-order valence-electron chi connectivity index (χ3n) is 5.45. The van der Waals surface area contributed by atoms with E-state index in [-0.39, 0.29) is 5.69 Å². The lowest BCUT2D eigenvalue weighted by molar-refractivity contribution is 0.00578. The maximum atomic E-state index is 13.1. The Bertz CT molecular complexity index is 996. The molecule has 2 aromatic heterocycles. The Hall–Kier alpha value is -2.26. The van der Waals surface area contributed by atoms with Gasteiger partial charge in [0.15, 0.2) is 5.82 Å². The monoisotopic (exact) mass is 374 g/mol. The van der Waals surface area contributed by atoms with Crippen molar-refractivity contribution in [2.45, 2.75) is 45.3 Å². The largest absolute Gasteiger partial charge is 0.495 e. The Morgan fingerprint density at radius 3 is 2.33 bits per heavy atom. The van der Waals surface area contributed by atoms with E-state index in [2.05, 4.69) is 10.2 Å². The molecule has 0 aliphatic carbocycles. The second kappa shape index (κ2) is 5.87. The first kappa shape index (κ1) is 18.1. The highest BCUT2D eigenvalue weighted by atomic mass is 19.3. The summed E-state index contributed by atoms with van der Waals surface area (Å²) in [4.78, 5) is 0. The summed E-state index contributed by atoms with van der Waals surface area (Å²) >= 11 is 0. The highest BCUT2D eigenvalue weighted by molar-refractivity contribution is 6.65. The van der Waals surface area contributed by atoms with Crippen molar-refractivity contribution in [1.82, 2.24) is 19.6 Å². The zero-order chi connectivity index (χ0) is 19.6. The third kappa shape index (κ3) is 2.85. The summed E-state index contributed by atoms with van der Waals surface area (Å²) in [5.74, 6) is 0.337. The molecule has 1 aliphatic rings. The van der Waals surface area contributed by atoms with Crippen LogP contribution in [0.4, 0.5) is 8.78 Å². The molecule has 0 spiro atoms. The molecule has 1 saturated heterocycles. The number of hydrogen-bond acceptors (Lipinski definition) is 4. The van der Waals surface area contributed by atoms with Crippen LogP contribution in [-0.4, -0.2) is 37.9 Å². The Labute approximate surface area is 156 Å². The van der Waals surface area contributed by atoms with E-state index in [1.54, 1.807) is 6.20 Å². The van der Waals surface area contributed by atoms with E-state index in [0.717, 1.165) is 10.8 Å². The van der Waals surface area contributed by atoms with E-state index in [9.17, 15) is 8.78 Å². The summed E-state index contributed by atoms with van der Waals surface area (Å²) in [6.45, 7) is 7.99. The average Bonchev–Trinajstić information content (AvgIpc) is 3.21. The molecule has 0 unspecified atom stereocenters. The van der Waals surface area contributed by atoms with Crippen molar-refractivity contribution in [3.8, 4) is 5.82 Å². The second-order valence-corrected chi connectivity index (χ2v) is 7.79. The summed E-state index contributed by atoms with van der Waals surface area (Å²) in [7, 11) is 0.959. The molecule has 0 amide bonds. The minimum atomic E-state index is -2.60. The average molecular weight is 374 g/mol. The van der Waals surface area contributed by atoms with Crippen LogP contribution in [0.15, 0.2) is 30.5 Å². The molecule has 142 valence electrons. The van der Waals surface area contributed by atoms with Gasteiger partial charge in [-0.2, -0.15) is 10.2 Å². The molecule has 4 rings (SSSR count). The van der Waals surface area contributed by atoms with E-state index >= 15 is 0 Å². The van der Waals surface area contributed by atoms with Gasteiger partial charge in [-0.1, -0.05) is 12.1 Å². The lowest BCUT2D eigenvalue weighted by atomic mass is 9.77. The van der Waals surface area contributed by atoms with Crippen LogP contribution in [0.5, 0.6) is 0 Å². The fraction of sp³-hybridized carbons (Fsp3) is 0.444. The van der Waals surface area contributed by atoms with Crippen LogP contribution in [0.1, 0.15) is 39.8 Å². The molecule has 0 saturated carbocycles. The summed E-state index contributed by atoms with van der Waals surface area (Å²) in [6, 6.07) is 7.01. The topological polar surface area (TPSA) is 54.1 Å². The van der Waals surface area contributed by atoms with E-state index in [4.69, 9.17) is 9.31 Å². The Morgan fingerprint density at radius 1 is 1.07 bits per heavy atom. The van der Waals surface area contributed by atoms with E-state index in [0.29, 0.717) is 11.3 Å². The van der Waals surface area contributed by atoms with Gasteiger partial charge in [0.1, 0.15) is 5.69 Å². The predicted molar refractivity (Wildman–Crippen MR) is 98.5 cm³/mol. The number of aryl methyl sites for hydroxylation is 1. The molecule has 0 N–H and O–H groups in total. The Morgan fingerprint density at radius 2 is 1.74 bits per heavy atom. The van der Waals surface area contributed by atoms with Gasteiger partial charge in [-0.3, -0.25) is 4.68 Å². The van der Waals surface area contributed by atoms with Crippen molar-refractivity contribution < 1.29 is 18.1 Å². The normalized spacial score (nSPS) is 18.7. The number of rotatable bonds is 3. The van der Waals surface area contributed by atoms with Gasteiger partial charge in [0.25, 0.3) is 6.43 Å². The Balaban J connectivity index is 1.77. The maximum absolute atomic E-state index is 13.1. The van der Waals surface area contributed by atoms with Crippen molar-refractivity contribution in [2.24, 2.45) is 7.05 Å². The van der Waals surface area contributed by atoms with Gasteiger partial charge in [0.05, 0.1) is 16.7 Å². The molecule has 0 radical (unpaired) electrons. The van der Waals surface area contributed by atoms with E-state index in [1.807, 2.05) is 45.9 Å². The van der Waals surface area contributed by atoms with Crippen molar-refractivity contribution in [1.29, 1.82) is 0 Å². The smallest absolute Gasteiger partial charge is 0.399 e. The number of halogens is 2. The first-order chi connectivity index (χ1) is 12.6. The molecule has 3 aromatic rings. The number of alkyl halides is 2. The zero-order valence-corrected chi connectivity index (χ0v) is 15.9. The predicted octanol–water partition coefficient (Wildman–Crippen LogP) is 3.00. The van der Waals surface area contributed by atoms with Crippen LogP contribution < -0.4 is 5.46 Å². The van der Waals surface area contributed by atoms with Crippen LogP contribution in [-0.2, 0) is 16.4 Å². The lowest BCUT2D eigenvalue weighted by Gasteiger charge is -2.32. The summed E-state index contributed by atoms with van der Waals surface area (Å²) in [6.07, 6.45) is -0.825. The molecular formula is C18H21BF2N4O2. The van der Waals surface area contributed by atoms with Gasteiger partial charge in [-0.05, 0) is 39.2 Å². The van der Waals surface area contributed by atoms with Crippen molar-refractivity contribution in [3.63, 3.8) is 0 Å². The molecular weight excluding hydrogens is 353 g/mol. The molecule has 27 heavy (non-hydrogen) atoms. The molecule has 1 aliphatic heterocycles. The quantitative estimate of drug-likeness (QED) is 0.662. The van der Waals surface area contributed by atoms with Crippen molar-refractivity contribution in [2.75, 3.05) is 0 Å². The van der Waals surface area contributed by atoms with Gasteiger partial charge in [0.2, 0.25) is 0 Å². The summed E-state index contributed by atoms with van der Waals surface area (Å²) in [5, 5.41) is 9.47. The maximum Gasteiger partial charge on any atom is 0.495 e. The van der Waals surface area contributed by atoms with Crippen LogP contribution in [0.25, 0.3) is 16.7 Å². The van der Waals surface area contributed by atoms with E-state index in [1.165, 1.54) is 22.5 Å². The summed E-state index contributed by atoms with van der Waals surface area (Å²) < 4.78 is 41.1. The highest BCUT2D eigenvalue weighted by Gasteiger charge is 2.52. The van der Waals surface area contributed by atoms with Crippen molar-refractivity contribution in [3.05, 3.63) is 36.2 Å². The zero-order valence-electron chi connectivity index (χ0n) is 15.9. The highest BCUT2D eigenvalue weighted by Crippen LogP contribution is 2.37. The van der Waals surface area contributed by atoms with Crippen molar-refractivity contribution >= 4 is 23.5 Å². The fourth-order valence-corrected chi connectivity index (χ4v) is 3.14. The number of hydrogen-bond donors (Lipinski definition) is 0. The number of aromatic nitrogens is 4. The molecule has 6 nitrogen and oxygen atoms in total. The number of fused-ring (bicyclic) bond motifs is 1. The number of benzene rings is 1. The SMILES string of the molecule is Cn1nc(-n2cc3c(B4OC(C)(C)C(C)(C)O4)cccc3n2)cc1C(F)F. The Kier molecular flexibility index (Phi) is 3.94. The molecule has 1 aromatic carbocycles. The van der Waals surface area contributed by atoms with Crippen LogP contribution in [0, 0.1) is 0 Å². The van der Waals surface area contributed by atoms with Crippen LogP contribution in [0.2, 0.25) is 0 Å². The fourth-order valence-electron chi connectivity index (χ4n) is 3.14. The molecule has 0 bridgehead atoms. The standard InChI is InChI=1S/C18H21BF2N4O2/c1-17(2)18(3,4)27-19(26-17)12-7-6-8-13-11(12)10-25(22-13)15-9-14(16(20)21)24(5)23-15/h6-10,16H,1-5H3. The van der Waals surface area contributed by atoms with Gasteiger partial charge >= 0.3 is 7.12 Å². The molecule has 3 heterocycles. The lowest BCUT2D eigenvalue weighted by Crippen LogP contribution is -2.41. The molecule has 9 heteroatoms. The minimum absolute atomic E-state index is 0.157. The molecule has 0 atom stereocenters. The number of nitrogens with zero attached hydrogens (tertiary/aromatic N) is 4. The summed E-state index contributed by atoms with van der Waals surface area (Å²) in [5.41, 5.74) is 0.496. The van der Waals surface area contributed by atoms with Crippen LogP contribution in [0.3, 0.4) is 0 Å². The molecule has 1 fully saturated rings. The first-order valence-corrected chi connectivity index (χ1v) is 8.75. The first-order valence-electron chi connectivity index (χ1n) is 8.75. The van der Waals surface area contributed by atoms with Crippen LogP contribution >= 0.6 is 0 Å².